The standard InChI is InChI=1S/C13H25N3/c1-11-3-5-12(6-4-11)13(14)16-9-7-15(2)8-10-16/h11-12,14H,3-10H2,1-2H3. The maximum atomic E-state index is 8.32. The van der Waals surface area contributed by atoms with Gasteiger partial charge in [-0.2, -0.15) is 0 Å². The molecule has 1 N–H and O–H groups in total. The third kappa shape index (κ3) is 2.76. The number of nitrogens with one attached hydrogen (secondary N) is 1. The second kappa shape index (κ2) is 5.17. The molecule has 16 heavy (non-hydrogen) atoms. The summed E-state index contributed by atoms with van der Waals surface area (Å²) in [6.07, 6.45) is 5.13. The highest BCUT2D eigenvalue weighted by molar-refractivity contribution is 5.81. The van der Waals surface area contributed by atoms with E-state index in [0.29, 0.717) is 5.92 Å². The van der Waals surface area contributed by atoms with Gasteiger partial charge >= 0.3 is 0 Å². The van der Waals surface area contributed by atoms with Crippen LogP contribution in [0.5, 0.6) is 0 Å². The van der Waals surface area contributed by atoms with Crippen molar-refractivity contribution in [1.82, 2.24) is 9.80 Å². The molecule has 1 aliphatic heterocycles. The number of hydrogen-bond donors (Lipinski definition) is 1. The third-order valence-electron chi connectivity index (χ3n) is 4.25. The van der Waals surface area contributed by atoms with E-state index in [0.717, 1.165) is 37.9 Å². The van der Waals surface area contributed by atoms with E-state index in [4.69, 9.17) is 5.41 Å². The molecular formula is C13H25N3. The largest absolute Gasteiger partial charge is 0.358 e. The van der Waals surface area contributed by atoms with Crippen LogP contribution in [0, 0.1) is 17.2 Å². The van der Waals surface area contributed by atoms with Crippen LogP contribution in [-0.2, 0) is 0 Å². The van der Waals surface area contributed by atoms with Crippen LogP contribution in [0.2, 0.25) is 0 Å². The predicted molar refractivity (Wildman–Crippen MR) is 67.9 cm³/mol. The number of nitrogens with zero attached hydrogens (tertiary/aromatic N) is 2. The zero-order chi connectivity index (χ0) is 11.5. The van der Waals surface area contributed by atoms with Gasteiger partial charge in [-0.1, -0.05) is 19.8 Å². The van der Waals surface area contributed by atoms with Gasteiger partial charge in [-0.05, 0) is 25.8 Å². The Morgan fingerprint density at radius 2 is 1.56 bits per heavy atom. The topological polar surface area (TPSA) is 30.3 Å². The summed E-state index contributed by atoms with van der Waals surface area (Å²) in [5.74, 6) is 2.37. The molecule has 92 valence electrons. The highest BCUT2D eigenvalue weighted by Crippen LogP contribution is 2.29. The van der Waals surface area contributed by atoms with Gasteiger partial charge in [0.1, 0.15) is 0 Å². The van der Waals surface area contributed by atoms with Crippen molar-refractivity contribution in [3.8, 4) is 0 Å². The Balaban J connectivity index is 1.83. The summed E-state index contributed by atoms with van der Waals surface area (Å²) < 4.78 is 0. The first-order chi connectivity index (χ1) is 7.66. The highest BCUT2D eigenvalue weighted by Gasteiger charge is 2.26. The summed E-state index contributed by atoms with van der Waals surface area (Å²) in [5, 5.41) is 8.32. The van der Waals surface area contributed by atoms with Crippen molar-refractivity contribution in [2.75, 3.05) is 33.2 Å². The molecule has 0 bridgehead atoms. The Morgan fingerprint density at radius 3 is 2.12 bits per heavy atom. The van der Waals surface area contributed by atoms with Crippen LogP contribution in [0.3, 0.4) is 0 Å². The van der Waals surface area contributed by atoms with Gasteiger partial charge in [0, 0.05) is 32.1 Å². The van der Waals surface area contributed by atoms with Gasteiger partial charge in [0.2, 0.25) is 0 Å². The molecule has 0 spiro atoms. The van der Waals surface area contributed by atoms with E-state index in [-0.39, 0.29) is 0 Å². The average molecular weight is 223 g/mol. The summed E-state index contributed by atoms with van der Waals surface area (Å²) in [6.45, 7) is 6.69. The normalized spacial score (nSPS) is 32.8. The highest BCUT2D eigenvalue weighted by atomic mass is 15.3. The van der Waals surface area contributed by atoms with Crippen LogP contribution in [0.15, 0.2) is 0 Å². The first-order valence-corrected chi connectivity index (χ1v) is 6.68. The van der Waals surface area contributed by atoms with Crippen LogP contribution in [0.1, 0.15) is 32.6 Å². The van der Waals surface area contributed by atoms with E-state index in [1.165, 1.54) is 25.7 Å². The lowest BCUT2D eigenvalue weighted by molar-refractivity contribution is 0.202. The molecule has 1 saturated heterocycles. The zero-order valence-corrected chi connectivity index (χ0v) is 10.7. The fourth-order valence-corrected chi connectivity index (χ4v) is 2.84. The van der Waals surface area contributed by atoms with Crippen molar-refractivity contribution in [1.29, 1.82) is 5.41 Å². The van der Waals surface area contributed by atoms with E-state index >= 15 is 0 Å². The summed E-state index contributed by atoms with van der Waals surface area (Å²) in [6, 6.07) is 0. The minimum atomic E-state index is 0.555. The van der Waals surface area contributed by atoms with Crippen molar-refractivity contribution in [3.05, 3.63) is 0 Å². The molecule has 2 aliphatic rings. The molecule has 0 aromatic heterocycles. The quantitative estimate of drug-likeness (QED) is 0.544. The Labute approximate surface area is 99.3 Å². The van der Waals surface area contributed by atoms with E-state index in [1.807, 2.05) is 0 Å². The van der Waals surface area contributed by atoms with Crippen LogP contribution >= 0.6 is 0 Å². The predicted octanol–water partition coefficient (Wildman–Crippen LogP) is 2.04. The lowest BCUT2D eigenvalue weighted by Crippen LogP contribution is -2.49. The maximum Gasteiger partial charge on any atom is 0.0990 e. The number of rotatable bonds is 1. The molecule has 0 atom stereocenters. The van der Waals surface area contributed by atoms with E-state index in [1.54, 1.807) is 0 Å². The molecule has 2 fully saturated rings. The van der Waals surface area contributed by atoms with E-state index in [9.17, 15) is 0 Å². The smallest absolute Gasteiger partial charge is 0.0990 e. The van der Waals surface area contributed by atoms with Gasteiger partial charge in [0.25, 0.3) is 0 Å². The monoisotopic (exact) mass is 223 g/mol. The second-order valence-corrected chi connectivity index (χ2v) is 5.63. The zero-order valence-electron chi connectivity index (χ0n) is 10.7. The van der Waals surface area contributed by atoms with Crippen LogP contribution < -0.4 is 0 Å². The maximum absolute atomic E-state index is 8.32. The molecule has 0 unspecified atom stereocenters. The Morgan fingerprint density at radius 1 is 1.00 bits per heavy atom. The lowest BCUT2D eigenvalue weighted by Gasteiger charge is -2.38. The van der Waals surface area contributed by atoms with Gasteiger partial charge < -0.3 is 9.80 Å². The van der Waals surface area contributed by atoms with Gasteiger partial charge in [0.15, 0.2) is 0 Å². The van der Waals surface area contributed by atoms with Crippen LogP contribution in [0.25, 0.3) is 0 Å². The minimum Gasteiger partial charge on any atom is -0.358 e. The molecule has 0 radical (unpaired) electrons. The first-order valence-electron chi connectivity index (χ1n) is 6.68. The van der Waals surface area contributed by atoms with Crippen molar-refractivity contribution >= 4 is 5.84 Å². The molecule has 1 heterocycles. The number of piperazine rings is 1. The molecule has 3 nitrogen and oxygen atoms in total. The molecule has 1 aliphatic carbocycles. The fraction of sp³-hybridized carbons (Fsp3) is 0.923. The van der Waals surface area contributed by atoms with Crippen molar-refractivity contribution in [2.45, 2.75) is 32.6 Å². The first kappa shape index (κ1) is 11.9. The lowest BCUT2D eigenvalue weighted by atomic mass is 9.82. The summed E-state index contributed by atoms with van der Waals surface area (Å²) in [7, 11) is 2.17. The molecule has 0 aromatic carbocycles. The van der Waals surface area contributed by atoms with Gasteiger partial charge in [-0.15, -0.1) is 0 Å². The molecule has 1 saturated carbocycles. The molecule has 3 heteroatoms. The fourth-order valence-electron chi connectivity index (χ4n) is 2.84. The van der Waals surface area contributed by atoms with Crippen molar-refractivity contribution in [3.63, 3.8) is 0 Å². The molecule has 2 rings (SSSR count). The minimum absolute atomic E-state index is 0.555. The summed E-state index contributed by atoms with van der Waals surface area (Å²) >= 11 is 0. The second-order valence-electron chi connectivity index (χ2n) is 5.63. The van der Waals surface area contributed by atoms with E-state index < -0.39 is 0 Å². The molecule has 0 aromatic rings. The van der Waals surface area contributed by atoms with Gasteiger partial charge in [-0.3, -0.25) is 5.41 Å². The van der Waals surface area contributed by atoms with Gasteiger partial charge in [0.05, 0.1) is 5.84 Å². The van der Waals surface area contributed by atoms with Gasteiger partial charge in [-0.25, -0.2) is 0 Å². The van der Waals surface area contributed by atoms with Crippen LogP contribution in [-0.4, -0.2) is 48.9 Å². The van der Waals surface area contributed by atoms with Crippen molar-refractivity contribution < 1.29 is 0 Å². The Bertz CT molecular complexity index is 212. The van der Waals surface area contributed by atoms with Crippen molar-refractivity contribution in [2.24, 2.45) is 11.8 Å². The molecule has 0 amide bonds. The van der Waals surface area contributed by atoms with E-state index in [2.05, 4.69) is 23.8 Å². The average Bonchev–Trinajstić information content (AvgIpc) is 2.30. The number of hydrogen-bond acceptors (Lipinski definition) is 2. The molecular weight excluding hydrogens is 198 g/mol. The number of amidine groups is 1. The summed E-state index contributed by atoms with van der Waals surface area (Å²) in [5.41, 5.74) is 0. The van der Waals surface area contributed by atoms with Crippen LogP contribution in [0.4, 0.5) is 0 Å². The number of likely N-dealkylation sites (N-methyl/N-ethyl adjacent to an activating group) is 1. The third-order valence-corrected chi connectivity index (χ3v) is 4.25. The SMILES string of the molecule is CC1CCC(C(=N)N2CCN(C)CC2)CC1. The Kier molecular flexibility index (Phi) is 3.85. The Hall–Kier alpha value is -0.570. The summed E-state index contributed by atoms with van der Waals surface area (Å²) in [4.78, 5) is 4.66.